The highest BCUT2D eigenvalue weighted by Crippen LogP contribution is 2.11. The van der Waals surface area contributed by atoms with Gasteiger partial charge in [0.2, 0.25) is 0 Å². The zero-order valence-corrected chi connectivity index (χ0v) is 12.7. The van der Waals surface area contributed by atoms with Crippen LogP contribution in [0.15, 0.2) is 0 Å². The fourth-order valence-electron chi connectivity index (χ4n) is 1.62. The Labute approximate surface area is 111 Å². The minimum atomic E-state index is -0.443. The molecule has 1 amide bonds. The number of ether oxygens (including phenoxy) is 1. The second kappa shape index (κ2) is 8.32. The van der Waals surface area contributed by atoms with Crippen LogP contribution in [0.4, 0.5) is 4.79 Å². The molecule has 2 N–H and O–H groups in total. The fourth-order valence-corrected chi connectivity index (χ4v) is 1.62. The summed E-state index contributed by atoms with van der Waals surface area (Å²) in [6.45, 7) is 10.8. The number of likely N-dealkylation sites (N-methyl/N-ethyl adjacent to an activating group) is 1. The molecule has 0 aromatic heterocycles. The Morgan fingerprint density at radius 3 is 2.33 bits per heavy atom. The highest BCUT2D eigenvalue weighted by molar-refractivity contribution is 5.68. The Bertz CT molecular complexity index is 239. The van der Waals surface area contributed by atoms with E-state index >= 15 is 0 Å². The van der Waals surface area contributed by atoms with Crippen LogP contribution >= 0.6 is 0 Å². The molecule has 0 aromatic rings. The lowest BCUT2D eigenvalue weighted by Gasteiger charge is -2.29. The van der Waals surface area contributed by atoms with E-state index in [1.165, 1.54) is 0 Å². The maximum atomic E-state index is 12.1. The normalized spacial score (nSPS) is 13.2. The molecule has 0 aromatic carbocycles. The molecule has 0 saturated heterocycles. The van der Waals surface area contributed by atoms with Crippen LogP contribution in [0.2, 0.25) is 0 Å². The van der Waals surface area contributed by atoms with Gasteiger partial charge in [-0.15, -0.1) is 0 Å². The van der Waals surface area contributed by atoms with Crippen molar-refractivity contribution >= 4 is 6.09 Å². The Kier molecular flexibility index (Phi) is 7.95. The molecule has 5 heteroatoms. The van der Waals surface area contributed by atoms with Gasteiger partial charge in [0, 0.05) is 19.6 Å². The highest BCUT2D eigenvalue weighted by Gasteiger charge is 2.22. The van der Waals surface area contributed by atoms with Crippen molar-refractivity contribution in [3.05, 3.63) is 0 Å². The van der Waals surface area contributed by atoms with Gasteiger partial charge in [0.1, 0.15) is 5.60 Å². The van der Waals surface area contributed by atoms with Gasteiger partial charge in [-0.1, -0.05) is 6.92 Å². The minimum absolute atomic E-state index is 0.235. The van der Waals surface area contributed by atoms with E-state index in [9.17, 15) is 4.79 Å². The summed E-state index contributed by atoms with van der Waals surface area (Å²) in [6, 6.07) is 0. The SMILES string of the molecule is CNCCN(CC(C)CNC)C(=O)OC(C)(C)C. The third-order valence-electron chi connectivity index (χ3n) is 2.37. The first-order valence-electron chi connectivity index (χ1n) is 6.57. The number of nitrogens with zero attached hydrogens (tertiary/aromatic N) is 1. The summed E-state index contributed by atoms with van der Waals surface area (Å²) in [5, 5.41) is 6.18. The molecular formula is C13H29N3O2. The van der Waals surface area contributed by atoms with Gasteiger partial charge in [-0.3, -0.25) is 0 Å². The largest absolute Gasteiger partial charge is 0.444 e. The van der Waals surface area contributed by atoms with Crippen LogP contribution in [0, 0.1) is 5.92 Å². The number of carbonyl (C=O) groups excluding carboxylic acids is 1. The predicted octanol–water partition coefficient (Wildman–Crippen LogP) is 1.30. The predicted molar refractivity (Wildman–Crippen MR) is 74.8 cm³/mol. The van der Waals surface area contributed by atoms with Crippen LogP contribution in [0.5, 0.6) is 0 Å². The van der Waals surface area contributed by atoms with Gasteiger partial charge in [0.15, 0.2) is 0 Å². The van der Waals surface area contributed by atoms with E-state index in [0.29, 0.717) is 19.0 Å². The maximum Gasteiger partial charge on any atom is 0.410 e. The second-order valence-electron chi connectivity index (χ2n) is 5.69. The molecule has 1 unspecified atom stereocenters. The lowest BCUT2D eigenvalue weighted by atomic mass is 10.1. The summed E-state index contributed by atoms with van der Waals surface area (Å²) in [6.07, 6.45) is -0.235. The lowest BCUT2D eigenvalue weighted by molar-refractivity contribution is 0.0228. The summed E-state index contributed by atoms with van der Waals surface area (Å²) in [4.78, 5) is 13.8. The van der Waals surface area contributed by atoms with Gasteiger partial charge < -0.3 is 20.3 Å². The molecule has 18 heavy (non-hydrogen) atoms. The Hall–Kier alpha value is -0.810. The van der Waals surface area contributed by atoms with E-state index in [1.54, 1.807) is 4.90 Å². The van der Waals surface area contributed by atoms with Gasteiger partial charge in [-0.25, -0.2) is 4.79 Å². The summed E-state index contributed by atoms with van der Waals surface area (Å²) in [7, 11) is 3.80. The Morgan fingerprint density at radius 2 is 1.89 bits per heavy atom. The number of hydrogen-bond donors (Lipinski definition) is 2. The second-order valence-corrected chi connectivity index (χ2v) is 5.69. The van der Waals surface area contributed by atoms with Crippen LogP contribution in [0.25, 0.3) is 0 Å². The average Bonchev–Trinajstić information content (AvgIpc) is 2.21. The van der Waals surface area contributed by atoms with Crippen LogP contribution in [-0.2, 0) is 4.74 Å². The molecule has 0 radical (unpaired) electrons. The number of amides is 1. The molecule has 0 aliphatic rings. The van der Waals surface area contributed by atoms with Crippen LogP contribution < -0.4 is 10.6 Å². The minimum Gasteiger partial charge on any atom is -0.444 e. The van der Waals surface area contributed by atoms with Gasteiger partial charge >= 0.3 is 6.09 Å². The van der Waals surface area contributed by atoms with Crippen molar-refractivity contribution in [2.45, 2.75) is 33.3 Å². The first-order valence-corrected chi connectivity index (χ1v) is 6.57. The Balaban J connectivity index is 4.41. The third kappa shape index (κ3) is 8.31. The molecule has 0 heterocycles. The first-order chi connectivity index (χ1) is 8.30. The molecule has 0 saturated carbocycles. The number of carbonyl (C=O) groups is 1. The van der Waals surface area contributed by atoms with E-state index < -0.39 is 5.60 Å². The van der Waals surface area contributed by atoms with Crippen molar-refractivity contribution in [3.8, 4) is 0 Å². The molecule has 0 aliphatic carbocycles. The van der Waals surface area contributed by atoms with E-state index in [-0.39, 0.29) is 6.09 Å². The smallest absolute Gasteiger partial charge is 0.410 e. The van der Waals surface area contributed by atoms with Gasteiger partial charge in [-0.05, 0) is 47.3 Å². The first kappa shape index (κ1) is 17.2. The lowest BCUT2D eigenvalue weighted by Crippen LogP contribution is -2.43. The van der Waals surface area contributed by atoms with Crippen molar-refractivity contribution in [1.29, 1.82) is 0 Å². The molecule has 0 spiro atoms. The van der Waals surface area contributed by atoms with E-state index in [1.807, 2.05) is 34.9 Å². The molecule has 0 aliphatic heterocycles. The Morgan fingerprint density at radius 1 is 1.28 bits per heavy atom. The standard InChI is InChI=1S/C13H29N3O2/c1-11(9-15-6)10-16(8-7-14-5)12(17)18-13(2,3)4/h11,14-15H,7-10H2,1-6H3. The van der Waals surface area contributed by atoms with Crippen molar-refractivity contribution in [3.63, 3.8) is 0 Å². The molecular weight excluding hydrogens is 230 g/mol. The maximum absolute atomic E-state index is 12.1. The van der Waals surface area contributed by atoms with Crippen molar-refractivity contribution in [1.82, 2.24) is 15.5 Å². The molecule has 108 valence electrons. The van der Waals surface area contributed by atoms with Gasteiger partial charge in [0.05, 0.1) is 0 Å². The molecule has 0 bridgehead atoms. The average molecular weight is 259 g/mol. The van der Waals surface area contributed by atoms with Crippen molar-refractivity contribution in [2.24, 2.45) is 5.92 Å². The van der Waals surface area contributed by atoms with Crippen molar-refractivity contribution in [2.75, 3.05) is 40.3 Å². The summed E-state index contributed by atoms with van der Waals surface area (Å²) < 4.78 is 5.41. The molecule has 5 nitrogen and oxygen atoms in total. The summed E-state index contributed by atoms with van der Waals surface area (Å²) in [5.74, 6) is 0.402. The third-order valence-corrected chi connectivity index (χ3v) is 2.37. The van der Waals surface area contributed by atoms with Crippen LogP contribution in [0.3, 0.4) is 0 Å². The van der Waals surface area contributed by atoms with E-state index in [4.69, 9.17) is 4.74 Å². The van der Waals surface area contributed by atoms with Gasteiger partial charge in [-0.2, -0.15) is 0 Å². The number of nitrogens with one attached hydrogen (secondary N) is 2. The molecule has 0 rings (SSSR count). The monoisotopic (exact) mass is 259 g/mol. The zero-order valence-electron chi connectivity index (χ0n) is 12.7. The van der Waals surface area contributed by atoms with E-state index in [0.717, 1.165) is 13.1 Å². The van der Waals surface area contributed by atoms with Crippen molar-refractivity contribution < 1.29 is 9.53 Å². The summed E-state index contributed by atoms with van der Waals surface area (Å²) >= 11 is 0. The van der Waals surface area contributed by atoms with E-state index in [2.05, 4.69) is 17.6 Å². The molecule has 1 atom stereocenters. The topological polar surface area (TPSA) is 53.6 Å². The van der Waals surface area contributed by atoms with Gasteiger partial charge in [0.25, 0.3) is 0 Å². The van der Waals surface area contributed by atoms with Crippen LogP contribution in [-0.4, -0.2) is 56.9 Å². The number of rotatable bonds is 7. The van der Waals surface area contributed by atoms with Crippen LogP contribution in [0.1, 0.15) is 27.7 Å². The fraction of sp³-hybridized carbons (Fsp3) is 0.923. The number of hydrogen-bond acceptors (Lipinski definition) is 4. The summed E-state index contributed by atoms with van der Waals surface area (Å²) in [5.41, 5.74) is -0.443. The highest BCUT2D eigenvalue weighted by atomic mass is 16.6. The zero-order chi connectivity index (χ0) is 14.2. The quantitative estimate of drug-likeness (QED) is 0.723. The molecule has 0 fully saturated rings.